The molecule has 0 aromatic heterocycles. The summed E-state index contributed by atoms with van der Waals surface area (Å²) in [6.07, 6.45) is -6.46. The van der Waals surface area contributed by atoms with Crippen molar-refractivity contribution in [2.45, 2.75) is 26.1 Å². The van der Waals surface area contributed by atoms with E-state index >= 15 is 0 Å². The molecule has 0 saturated heterocycles. The number of rotatable bonds is 7. The van der Waals surface area contributed by atoms with Gasteiger partial charge in [-0.1, -0.05) is 11.7 Å². The molecule has 86 valence electrons. The summed E-state index contributed by atoms with van der Waals surface area (Å²) in [6.45, 7) is 1.31. The maximum atomic E-state index is 12.2. The Bertz CT molecular complexity index is 202. The summed E-state index contributed by atoms with van der Waals surface area (Å²) >= 11 is 0. The first-order valence-electron chi connectivity index (χ1n) is 3.60. The molecular formula is C5H9F4O4P. The smallest absolute Gasteiger partial charge is 0.285 e. The lowest BCUT2D eigenvalue weighted by Crippen LogP contribution is -2.16. The number of halogens is 4. The first kappa shape index (κ1) is 13.8. The molecule has 0 rings (SSSR count). The average Bonchev–Trinajstić information content (AvgIpc) is 2.14. The van der Waals surface area contributed by atoms with Crippen LogP contribution in [0.15, 0.2) is 0 Å². The highest BCUT2D eigenvalue weighted by Gasteiger charge is 2.36. The number of hydrogen-bond acceptors (Lipinski definition) is 4. The molecule has 0 bridgehead atoms. The Kier molecular flexibility index (Phi) is 6.26. The van der Waals surface area contributed by atoms with Crippen molar-refractivity contribution in [2.75, 3.05) is 6.61 Å². The van der Waals surface area contributed by atoms with Gasteiger partial charge in [0.05, 0.1) is 6.61 Å². The molecule has 0 spiro atoms. The van der Waals surface area contributed by atoms with Crippen LogP contribution in [0.2, 0.25) is 0 Å². The van der Waals surface area contributed by atoms with Crippen LogP contribution in [-0.2, 0) is 18.3 Å². The zero-order chi connectivity index (χ0) is 11.2. The Hall–Kier alpha value is -0.170. The van der Waals surface area contributed by atoms with Gasteiger partial charge in [0.15, 0.2) is 0 Å². The quantitative estimate of drug-likeness (QED) is 0.506. The van der Waals surface area contributed by atoms with Crippen LogP contribution < -0.4 is 0 Å². The molecule has 0 saturated carbocycles. The molecule has 0 heterocycles. The van der Waals surface area contributed by atoms with Crippen LogP contribution >= 0.6 is 7.82 Å². The predicted molar refractivity (Wildman–Crippen MR) is 38.0 cm³/mol. The van der Waals surface area contributed by atoms with Crippen molar-refractivity contribution in [1.29, 1.82) is 0 Å². The van der Waals surface area contributed by atoms with Gasteiger partial charge in [0.25, 0.3) is 12.8 Å². The number of alkyl halides is 3. The highest BCUT2D eigenvalue weighted by Crippen LogP contribution is 2.51. The van der Waals surface area contributed by atoms with Gasteiger partial charge >= 0.3 is 7.82 Å². The summed E-state index contributed by atoms with van der Waals surface area (Å²) in [4.78, 5) is 0. The van der Waals surface area contributed by atoms with Gasteiger partial charge in [-0.25, -0.2) is 22.3 Å². The third-order valence-corrected chi connectivity index (χ3v) is 2.09. The molecule has 2 atom stereocenters. The Labute approximate surface area is 77.7 Å². The van der Waals surface area contributed by atoms with Gasteiger partial charge in [0.1, 0.15) is 0 Å². The van der Waals surface area contributed by atoms with Crippen LogP contribution in [-0.4, -0.2) is 19.4 Å². The largest absolute Gasteiger partial charge is 0.508 e. The Morgan fingerprint density at radius 3 is 2.29 bits per heavy atom. The summed E-state index contributed by atoms with van der Waals surface area (Å²) in [6, 6.07) is 0. The average molecular weight is 240 g/mol. The summed E-state index contributed by atoms with van der Waals surface area (Å²) in [5, 5.41) is 0. The second-order valence-electron chi connectivity index (χ2n) is 2.14. The van der Waals surface area contributed by atoms with Crippen LogP contribution in [0.3, 0.4) is 0 Å². The van der Waals surface area contributed by atoms with Crippen molar-refractivity contribution in [3.05, 3.63) is 0 Å². The topological polar surface area (TPSA) is 44.8 Å². The number of hydrogen-bond donors (Lipinski definition) is 0. The van der Waals surface area contributed by atoms with E-state index in [-0.39, 0.29) is 6.61 Å². The van der Waals surface area contributed by atoms with E-state index < -0.39 is 20.6 Å². The van der Waals surface area contributed by atoms with E-state index in [1.54, 1.807) is 6.92 Å². The van der Waals surface area contributed by atoms with Gasteiger partial charge in [-0.05, 0) is 10.9 Å². The molecule has 0 aliphatic carbocycles. The first-order chi connectivity index (χ1) is 6.45. The molecule has 0 radical (unpaired) electrons. The van der Waals surface area contributed by atoms with Crippen molar-refractivity contribution in [1.82, 2.24) is 0 Å². The van der Waals surface area contributed by atoms with Crippen molar-refractivity contribution in [2.24, 2.45) is 0 Å². The van der Waals surface area contributed by atoms with Gasteiger partial charge in [-0.15, -0.1) is 0 Å². The molecule has 9 heteroatoms. The zero-order valence-corrected chi connectivity index (χ0v) is 8.06. The highest BCUT2D eigenvalue weighted by molar-refractivity contribution is 7.48. The predicted octanol–water partition coefficient (Wildman–Crippen LogP) is 3.00. The minimum absolute atomic E-state index is 0.267. The molecule has 0 fully saturated rings. The van der Waals surface area contributed by atoms with E-state index in [1.165, 1.54) is 0 Å². The normalized spacial score (nSPS) is 18.1. The summed E-state index contributed by atoms with van der Waals surface area (Å²) in [5.41, 5.74) is 0. The minimum atomic E-state index is -4.85. The lowest BCUT2D eigenvalue weighted by atomic mass is 10.5. The monoisotopic (exact) mass is 240 g/mol. The van der Waals surface area contributed by atoms with E-state index in [1.807, 2.05) is 0 Å². The second kappa shape index (κ2) is 6.34. The van der Waals surface area contributed by atoms with Gasteiger partial charge in [0, 0.05) is 0 Å². The van der Waals surface area contributed by atoms with Gasteiger partial charge < -0.3 is 0 Å². The van der Waals surface area contributed by atoms with Crippen molar-refractivity contribution >= 4 is 7.82 Å². The molecule has 0 aromatic rings. The van der Waals surface area contributed by atoms with E-state index in [4.69, 9.17) is 0 Å². The molecule has 4 nitrogen and oxygen atoms in total. The zero-order valence-electron chi connectivity index (χ0n) is 7.16. The van der Waals surface area contributed by atoms with Crippen LogP contribution in [0.4, 0.5) is 17.7 Å². The van der Waals surface area contributed by atoms with Crippen molar-refractivity contribution in [3.63, 3.8) is 0 Å². The van der Waals surface area contributed by atoms with Crippen LogP contribution in [0.1, 0.15) is 13.3 Å². The fraction of sp³-hybridized carbons (Fsp3) is 1.00. The van der Waals surface area contributed by atoms with Gasteiger partial charge in [0.2, 0.25) is 0 Å². The second-order valence-corrected chi connectivity index (χ2v) is 3.64. The van der Waals surface area contributed by atoms with E-state index in [2.05, 4.69) is 13.8 Å². The Morgan fingerprint density at radius 2 is 1.93 bits per heavy atom. The molecule has 0 aliphatic heterocycles. The highest BCUT2D eigenvalue weighted by atomic mass is 31.2. The molecule has 14 heavy (non-hydrogen) atoms. The molecule has 0 aliphatic rings. The van der Waals surface area contributed by atoms with E-state index in [9.17, 15) is 22.3 Å². The molecule has 0 aromatic carbocycles. The van der Waals surface area contributed by atoms with Crippen LogP contribution in [0.25, 0.3) is 0 Å². The molecule has 0 N–H and O–H groups in total. The molecular weight excluding hydrogens is 231 g/mol. The number of phosphoric ester groups is 1. The van der Waals surface area contributed by atoms with E-state index in [0.29, 0.717) is 6.42 Å². The maximum Gasteiger partial charge on any atom is 0.508 e. The summed E-state index contributed by atoms with van der Waals surface area (Å²) in [7, 11) is -4.85. The lowest BCUT2D eigenvalue weighted by Gasteiger charge is -2.14. The SMILES string of the molecule is CCCOP(=O)(OF)OC(F)C(F)F. The summed E-state index contributed by atoms with van der Waals surface area (Å²) < 4.78 is 68.0. The lowest BCUT2D eigenvalue weighted by molar-refractivity contribution is -0.119. The van der Waals surface area contributed by atoms with Crippen LogP contribution in [0, 0.1) is 0 Å². The third-order valence-electron chi connectivity index (χ3n) is 0.966. The fourth-order valence-corrected chi connectivity index (χ4v) is 1.32. The minimum Gasteiger partial charge on any atom is -0.285 e. The van der Waals surface area contributed by atoms with Gasteiger partial charge in [-0.2, -0.15) is 0 Å². The fourth-order valence-electron chi connectivity index (χ4n) is 0.439. The maximum absolute atomic E-state index is 12.2. The Balaban J connectivity index is 4.17. The molecule has 2 unspecified atom stereocenters. The standard InChI is InChI=1S/C5H9F4O4P/c1-2-3-11-14(10,13-9)12-5(8)4(6)7/h4-5H,2-3H2,1H3. The van der Waals surface area contributed by atoms with Crippen molar-refractivity contribution in [3.8, 4) is 0 Å². The number of phosphoric acid groups is 1. The van der Waals surface area contributed by atoms with Crippen molar-refractivity contribution < 1.29 is 36.0 Å². The van der Waals surface area contributed by atoms with E-state index in [0.717, 1.165) is 0 Å². The van der Waals surface area contributed by atoms with Crippen LogP contribution in [0.5, 0.6) is 0 Å². The molecule has 0 amide bonds. The third kappa shape index (κ3) is 4.90. The first-order valence-corrected chi connectivity index (χ1v) is 5.06. The summed E-state index contributed by atoms with van der Waals surface area (Å²) in [5.74, 6) is 0. The Morgan fingerprint density at radius 1 is 1.36 bits per heavy atom. The van der Waals surface area contributed by atoms with Gasteiger partial charge in [-0.3, -0.25) is 4.52 Å².